The number of rotatable bonds is 2. The molecule has 1 saturated heterocycles. The van der Waals surface area contributed by atoms with Crippen molar-refractivity contribution in [3.63, 3.8) is 0 Å². The first kappa shape index (κ1) is 16.3. The second kappa shape index (κ2) is 5.82. The van der Waals surface area contributed by atoms with Gasteiger partial charge in [0.1, 0.15) is 0 Å². The molecule has 23 heavy (non-hydrogen) atoms. The predicted octanol–water partition coefficient (Wildman–Crippen LogP) is 3.15. The van der Waals surface area contributed by atoms with Crippen molar-refractivity contribution >= 4 is 5.91 Å². The van der Waals surface area contributed by atoms with Crippen LogP contribution < -0.4 is 5.73 Å². The number of halogens is 3. The van der Waals surface area contributed by atoms with E-state index in [2.05, 4.69) is 0 Å². The number of amides is 1. The molecule has 1 aromatic carbocycles. The summed E-state index contributed by atoms with van der Waals surface area (Å²) in [7, 11) is 0. The van der Waals surface area contributed by atoms with Crippen molar-refractivity contribution in [3.05, 3.63) is 35.4 Å². The minimum absolute atomic E-state index is 0.0619. The van der Waals surface area contributed by atoms with Gasteiger partial charge in [-0.2, -0.15) is 13.2 Å². The topological polar surface area (TPSA) is 46.3 Å². The zero-order chi connectivity index (χ0) is 16.8. The van der Waals surface area contributed by atoms with Crippen LogP contribution in [0.5, 0.6) is 0 Å². The maximum Gasteiger partial charge on any atom is 0.416 e. The highest BCUT2D eigenvalue weighted by molar-refractivity contribution is 5.83. The number of likely N-dealkylation sites (tertiary alicyclic amines) is 1. The molecule has 1 amide bonds. The van der Waals surface area contributed by atoms with Crippen LogP contribution in [0.3, 0.4) is 0 Å². The summed E-state index contributed by atoms with van der Waals surface area (Å²) in [5.74, 6) is -0.213. The first-order valence-electron chi connectivity index (χ1n) is 8.00. The fourth-order valence-electron chi connectivity index (χ4n) is 3.53. The molecule has 0 unspecified atom stereocenters. The van der Waals surface area contributed by atoms with Gasteiger partial charge < -0.3 is 10.6 Å². The summed E-state index contributed by atoms with van der Waals surface area (Å²) in [6.45, 7) is 2.63. The van der Waals surface area contributed by atoms with Crippen molar-refractivity contribution in [1.82, 2.24) is 4.90 Å². The molecule has 3 rings (SSSR count). The summed E-state index contributed by atoms with van der Waals surface area (Å²) in [5.41, 5.74) is 5.87. The Balaban J connectivity index is 1.69. The molecule has 2 fully saturated rings. The molecule has 0 aromatic heterocycles. The van der Waals surface area contributed by atoms with Crippen LogP contribution in [0.1, 0.15) is 43.2 Å². The molecule has 2 aliphatic rings. The summed E-state index contributed by atoms with van der Waals surface area (Å²) in [6, 6.07) is 5.58. The van der Waals surface area contributed by atoms with Crippen LogP contribution in [-0.2, 0) is 11.0 Å². The van der Waals surface area contributed by atoms with Crippen molar-refractivity contribution in [1.29, 1.82) is 0 Å². The van der Waals surface area contributed by atoms with Crippen LogP contribution in [0, 0.1) is 5.92 Å². The van der Waals surface area contributed by atoms with Crippen LogP contribution in [0.15, 0.2) is 24.3 Å². The summed E-state index contributed by atoms with van der Waals surface area (Å²) >= 11 is 0. The van der Waals surface area contributed by atoms with Gasteiger partial charge >= 0.3 is 6.18 Å². The lowest BCUT2D eigenvalue weighted by Gasteiger charge is -2.36. The van der Waals surface area contributed by atoms with E-state index in [-0.39, 0.29) is 29.8 Å². The zero-order valence-electron chi connectivity index (χ0n) is 13.0. The molecular formula is C17H21F3N2O. The van der Waals surface area contributed by atoms with E-state index in [1.807, 2.05) is 11.8 Å². The second-order valence-electron chi connectivity index (χ2n) is 6.74. The molecule has 1 aliphatic carbocycles. The van der Waals surface area contributed by atoms with Gasteiger partial charge in [-0.05, 0) is 43.7 Å². The highest BCUT2D eigenvalue weighted by atomic mass is 19.4. The third-order valence-electron chi connectivity index (χ3n) is 4.95. The minimum atomic E-state index is -4.35. The Labute approximate surface area is 133 Å². The van der Waals surface area contributed by atoms with Gasteiger partial charge in [-0.1, -0.05) is 18.2 Å². The van der Waals surface area contributed by atoms with E-state index in [0.717, 1.165) is 18.9 Å². The third-order valence-corrected chi connectivity index (χ3v) is 4.95. The molecule has 126 valence electrons. The number of benzene rings is 1. The number of carbonyl (C=O) groups excluding carboxylic acids is 1. The fraction of sp³-hybridized carbons (Fsp3) is 0.588. The van der Waals surface area contributed by atoms with Gasteiger partial charge in [0.25, 0.3) is 0 Å². The first-order chi connectivity index (χ1) is 10.8. The molecule has 6 heteroatoms. The molecule has 1 saturated carbocycles. The largest absolute Gasteiger partial charge is 0.416 e. The minimum Gasteiger partial charge on any atom is -0.340 e. The van der Waals surface area contributed by atoms with E-state index < -0.39 is 11.7 Å². The van der Waals surface area contributed by atoms with Gasteiger partial charge in [-0.25, -0.2) is 0 Å². The number of hydrogen-bond donors (Lipinski definition) is 1. The first-order valence-corrected chi connectivity index (χ1v) is 8.00. The highest BCUT2D eigenvalue weighted by Crippen LogP contribution is 2.49. The molecule has 4 atom stereocenters. The Hall–Kier alpha value is -1.56. The Kier molecular flexibility index (Phi) is 4.12. The lowest BCUT2D eigenvalue weighted by atomic mass is 9.98. The normalized spacial score (nSPS) is 31.1. The van der Waals surface area contributed by atoms with E-state index in [0.29, 0.717) is 18.5 Å². The van der Waals surface area contributed by atoms with Crippen molar-refractivity contribution in [2.24, 2.45) is 11.7 Å². The maximum atomic E-state index is 12.8. The van der Waals surface area contributed by atoms with Gasteiger partial charge in [0.05, 0.1) is 5.56 Å². The Morgan fingerprint density at radius 1 is 1.30 bits per heavy atom. The van der Waals surface area contributed by atoms with Crippen LogP contribution in [0.4, 0.5) is 13.2 Å². The lowest BCUT2D eigenvalue weighted by Crippen LogP contribution is -2.49. The lowest BCUT2D eigenvalue weighted by molar-refractivity contribution is -0.137. The number of nitrogens with zero attached hydrogens (tertiary/aromatic N) is 1. The van der Waals surface area contributed by atoms with Crippen molar-refractivity contribution in [3.8, 4) is 0 Å². The molecule has 0 radical (unpaired) electrons. The average Bonchev–Trinajstić information content (AvgIpc) is 3.26. The third kappa shape index (κ3) is 3.37. The number of carbonyl (C=O) groups is 1. The van der Waals surface area contributed by atoms with Crippen LogP contribution in [-0.4, -0.2) is 29.4 Å². The number of nitrogens with two attached hydrogens (primary N) is 1. The highest BCUT2D eigenvalue weighted by Gasteiger charge is 2.47. The maximum absolute atomic E-state index is 12.8. The molecule has 0 spiro atoms. The standard InChI is InChI=1S/C17H21F3N2O/c1-10-7-13(21)5-6-22(10)16(23)15-9-14(15)11-3-2-4-12(8-11)17(18,19)20/h2-4,8,10,13-15H,5-7,9,21H2,1H3/t10-,13-,14-,15+/m1/s1. The van der Waals surface area contributed by atoms with Crippen molar-refractivity contribution < 1.29 is 18.0 Å². The molecule has 1 aliphatic heterocycles. The number of hydrogen-bond acceptors (Lipinski definition) is 2. The second-order valence-corrected chi connectivity index (χ2v) is 6.74. The number of alkyl halides is 3. The van der Waals surface area contributed by atoms with E-state index in [9.17, 15) is 18.0 Å². The van der Waals surface area contributed by atoms with E-state index in [4.69, 9.17) is 5.73 Å². The van der Waals surface area contributed by atoms with Gasteiger partial charge in [-0.3, -0.25) is 4.79 Å². The van der Waals surface area contributed by atoms with Gasteiger partial charge in [0.2, 0.25) is 5.91 Å². The van der Waals surface area contributed by atoms with E-state index in [1.54, 1.807) is 6.07 Å². The van der Waals surface area contributed by atoms with Crippen LogP contribution in [0.25, 0.3) is 0 Å². The monoisotopic (exact) mass is 326 g/mol. The Bertz CT molecular complexity index is 602. The van der Waals surface area contributed by atoms with Gasteiger partial charge in [-0.15, -0.1) is 0 Å². The summed E-state index contributed by atoms with van der Waals surface area (Å²) in [6.07, 6.45) is -2.14. The molecule has 1 heterocycles. The molecule has 1 aromatic rings. The quantitative estimate of drug-likeness (QED) is 0.907. The Morgan fingerprint density at radius 3 is 2.70 bits per heavy atom. The summed E-state index contributed by atoms with van der Waals surface area (Å²) < 4.78 is 38.4. The summed E-state index contributed by atoms with van der Waals surface area (Å²) in [5, 5.41) is 0. The molecule has 0 bridgehead atoms. The fourth-order valence-corrected chi connectivity index (χ4v) is 3.53. The molecule has 2 N–H and O–H groups in total. The van der Waals surface area contributed by atoms with Crippen LogP contribution >= 0.6 is 0 Å². The van der Waals surface area contributed by atoms with Crippen LogP contribution in [0.2, 0.25) is 0 Å². The summed E-state index contributed by atoms with van der Waals surface area (Å²) in [4.78, 5) is 14.5. The van der Waals surface area contributed by atoms with Crippen molar-refractivity contribution in [2.45, 2.75) is 50.4 Å². The van der Waals surface area contributed by atoms with E-state index >= 15 is 0 Å². The number of piperidine rings is 1. The molecular weight excluding hydrogens is 305 g/mol. The predicted molar refractivity (Wildman–Crippen MR) is 80.7 cm³/mol. The smallest absolute Gasteiger partial charge is 0.340 e. The zero-order valence-corrected chi connectivity index (χ0v) is 13.0. The van der Waals surface area contributed by atoms with Gasteiger partial charge in [0.15, 0.2) is 0 Å². The average molecular weight is 326 g/mol. The van der Waals surface area contributed by atoms with Gasteiger partial charge in [0, 0.05) is 24.5 Å². The Morgan fingerprint density at radius 2 is 2.04 bits per heavy atom. The molecule has 3 nitrogen and oxygen atoms in total. The van der Waals surface area contributed by atoms with Crippen molar-refractivity contribution in [2.75, 3.05) is 6.54 Å². The SMILES string of the molecule is C[C@@H]1C[C@H](N)CCN1C(=O)[C@H]1C[C@@H]1c1cccc(C(F)(F)F)c1. The van der Waals surface area contributed by atoms with E-state index in [1.165, 1.54) is 12.1 Å².